The lowest BCUT2D eigenvalue weighted by molar-refractivity contribution is 0.547. The van der Waals surface area contributed by atoms with E-state index in [4.69, 9.17) is 39.2 Å². The van der Waals surface area contributed by atoms with Gasteiger partial charge in [-0.1, -0.05) is 40.9 Å². The molecule has 3 nitrogen and oxygen atoms in total. The molecule has 2 aromatic carbocycles. The van der Waals surface area contributed by atoms with E-state index in [1.165, 1.54) is 6.07 Å². The van der Waals surface area contributed by atoms with Crippen LogP contribution in [0.2, 0.25) is 15.1 Å². The van der Waals surface area contributed by atoms with E-state index in [2.05, 4.69) is 5.32 Å². The number of aryl methyl sites for hydroxylation is 1. The number of hydrogen-bond acceptors (Lipinski definition) is 3. The lowest BCUT2D eigenvalue weighted by atomic mass is 10.1. The third-order valence-electron chi connectivity index (χ3n) is 4.14. The summed E-state index contributed by atoms with van der Waals surface area (Å²) in [5.74, 6) is 0. The minimum absolute atomic E-state index is 0.0204. The summed E-state index contributed by atoms with van der Waals surface area (Å²) in [6, 6.07) is 10.5. The van der Waals surface area contributed by atoms with Crippen LogP contribution in [0, 0.1) is 6.92 Å². The zero-order chi connectivity index (χ0) is 18.1. The summed E-state index contributed by atoms with van der Waals surface area (Å²) in [4.78, 5) is 11.8. The van der Waals surface area contributed by atoms with Gasteiger partial charge in [0.05, 0.1) is 0 Å². The Labute approximate surface area is 160 Å². The number of hydrogen-bond donors (Lipinski definition) is 1. The van der Waals surface area contributed by atoms with Crippen molar-refractivity contribution in [2.45, 2.75) is 26.4 Å². The van der Waals surface area contributed by atoms with Gasteiger partial charge in [-0.2, -0.15) is 0 Å². The summed E-state index contributed by atoms with van der Waals surface area (Å²) >= 11 is 18.4. The molecule has 0 spiro atoms. The Morgan fingerprint density at radius 2 is 1.84 bits per heavy atom. The lowest BCUT2D eigenvalue weighted by Gasteiger charge is -2.17. The molecule has 3 aromatic rings. The van der Waals surface area contributed by atoms with E-state index in [0.29, 0.717) is 27.2 Å². The maximum absolute atomic E-state index is 11.8. The zero-order valence-electron chi connectivity index (χ0n) is 13.7. The largest absolute Gasteiger partial charge is 0.423 e. The summed E-state index contributed by atoms with van der Waals surface area (Å²) < 4.78 is 5.28. The van der Waals surface area contributed by atoms with Gasteiger partial charge in [0, 0.05) is 39.1 Å². The standard InChI is InChI=1S/C19H16Cl3NO2/c1-10-5-18-15(8-16(10)21)12(6-19(24)25-18)9-23-11(2)14-4-3-13(20)7-17(14)22/h3-8,11,23H,9H2,1-2H3. The van der Waals surface area contributed by atoms with Gasteiger partial charge in [0.15, 0.2) is 0 Å². The minimum atomic E-state index is -0.386. The van der Waals surface area contributed by atoms with Crippen molar-refractivity contribution in [1.29, 1.82) is 0 Å². The molecule has 6 heteroatoms. The van der Waals surface area contributed by atoms with E-state index in [1.54, 1.807) is 18.2 Å². The molecule has 0 bridgehead atoms. The van der Waals surface area contributed by atoms with E-state index in [-0.39, 0.29) is 11.7 Å². The molecule has 3 rings (SSSR count). The summed E-state index contributed by atoms with van der Waals surface area (Å²) in [7, 11) is 0. The Balaban J connectivity index is 1.90. The average molecular weight is 397 g/mol. The molecule has 1 atom stereocenters. The maximum atomic E-state index is 11.8. The topological polar surface area (TPSA) is 42.2 Å². The molecule has 0 amide bonds. The van der Waals surface area contributed by atoms with Crippen LogP contribution in [-0.2, 0) is 6.54 Å². The normalized spacial score (nSPS) is 12.5. The smallest absolute Gasteiger partial charge is 0.336 e. The van der Waals surface area contributed by atoms with E-state index >= 15 is 0 Å². The van der Waals surface area contributed by atoms with Gasteiger partial charge in [0.2, 0.25) is 0 Å². The van der Waals surface area contributed by atoms with Crippen LogP contribution < -0.4 is 10.9 Å². The first kappa shape index (κ1) is 18.3. The third-order valence-corrected chi connectivity index (χ3v) is 5.11. The molecule has 0 aliphatic heterocycles. The SMILES string of the molecule is Cc1cc2oc(=O)cc(CNC(C)c3ccc(Cl)cc3Cl)c2cc1Cl. The lowest BCUT2D eigenvalue weighted by Crippen LogP contribution is -2.19. The van der Waals surface area contributed by atoms with Crippen molar-refractivity contribution in [3.05, 3.63) is 78.6 Å². The molecule has 0 aliphatic rings. The first-order valence-corrected chi connectivity index (χ1v) is 8.90. The van der Waals surface area contributed by atoms with Crippen LogP contribution in [0.15, 0.2) is 45.6 Å². The Morgan fingerprint density at radius 3 is 2.56 bits per heavy atom. The molecule has 0 aliphatic carbocycles. The van der Waals surface area contributed by atoms with Gasteiger partial charge in [0.1, 0.15) is 5.58 Å². The van der Waals surface area contributed by atoms with Crippen molar-refractivity contribution < 1.29 is 4.42 Å². The van der Waals surface area contributed by atoms with E-state index in [1.807, 2.05) is 26.0 Å². The first-order chi connectivity index (χ1) is 11.8. The molecular weight excluding hydrogens is 381 g/mol. The molecule has 1 N–H and O–H groups in total. The molecule has 0 radical (unpaired) electrons. The van der Waals surface area contributed by atoms with Crippen molar-refractivity contribution in [1.82, 2.24) is 5.32 Å². The van der Waals surface area contributed by atoms with Crippen molar-refractivity contribution in [2.75, 3.05) is 0 Å². The maximum Gasteiger partial charge on any atom is 0.336 e. The number of rotatable bonds is 4. The van der Waals surface area contributed by atoms with E-state index in [0.717, 1.165) is 22.1 Å². The van der Waals surface area contributed by atoms with Crippen LogP contribution in [-0.4, -0.2) is 0 Å². The molecule has 25 heavy (non-hydrogen) atoms. The predicted molar refractivity (Wildman–Crippen MR) is 104 cm³/mol. The molecular formula is C19H16Cl3NO2. The van der Waals surface area contributed by atoms with Crippen LogP contribution >= 0.6 is 34.8 Å². The highest BCUT2D eigenvalue weighted by Gasteiger charge is 2.12. The fourth-order valence-corrected chi connectivity index (χ4v) is 3.46. The van der Waals surface area contributed by atoms with Gasteiger partial charge in [-0.05, 0) is 54.8 Å². The first-order valence-electron chi connectivity index (χ1n) is 7.76. The van der Waals surface area contributed by atoms with Gasteiger partial charge in [0.25, 0.3) is 0 Å². The molecule has 1 heterocycles. The highest BCUT2D eigenvalue weighted by molar-refractivity contribution is 6.35. The quantitative estimate of drug-likeness (QED) is 0.557. The van der Waals surface area contributed by atoms with Crippen molar-refractivity contribution >= 4 is 45.8 Å². The number of fused-ring (bicyclic) bond motifs is 1. The molecule has 130 valence electrons. The van der Waals surface area contributed by atoms with Crippen LogP contribution in [0.3, 0.4) is 0 Å². The van der Waals surface area contributed by atoms with Crippen LogP contribution in [0.4, 0.5) is 0 Å². The summed E-state index contributed by atoms with van der Waals surface area (Å²) in [6.45, 7) is 4.35. The van der Waals surface area contributed by atoms with Crippen molar-refractivity contribution in [3.8, 4) is 0 Å². The van der Waals surface area contributed by atoms with E-state index < -0.39 is 0 Å². The van der Waals surface area contributed by atoms with Gasteiger partial charge < -0.3 is 9.73 Å². The van der Waals surface area contributed by atoms with E-state index in [9.17, 15) is 4.79 Å². The van der Waals surface area contributed by atoms with Crippen LogP contribution in [0.25, 0.3) is 11.0 Å². The summed E-state index contributed by atoms with van der Waals surface area (Å²) in [6.07, 6.45) is 0. The molecule has 0 saturated carbocycles. The Morgan fingerprint density at radius 1 is 1.08 bits per heavy atom. The molecule has 1 aromatic heterocycles. The highest BCUT2D eigenvalue weighted by atomic mass is 35.5. The second-order valence-electron chi connectivity index (χ2n) is 5.96. The monoisotopic (exact) mass is 395 g/mol. The van der Waals surface area contributed by atoms with Gasteiger partial charge in [-0.3, -0.25) is 0 Å². The Kier molecular flexibility index (Phi) is 5.40. The summed E-state index contributed by atoms with van der Waals surface area (Å²) in [5, 5.41) is 6.03. The van der Waals surface area contributed by atoms with Crippen LogP contribution in [0.5, 0.6) is 0 Å². The fraction of sp³-hybridized carbons (Fsp3) is 0.211. The van der Waals surface area contributed by atoms with Crippen LogP contribution in [0.1, 0.15) is 29.7 Å². The second-order valence-corrected chi connectivity index (χ2v) is 7.21. The average Bonchev–Trinajstić information content (AvgIpc) is 2.54. The number of benzene rings is 2. The third kappa shape index (κ3) is 4.01. The zero-order valence-corrected chi connectivity index (χ0v) is 16.0. The van der Waals surface area contributed by atoms with Gasteiger partial charge in [-0.15, -0.1) is 0 Å². The van der Waals surface area contributed by atoms with Crippen molar-refractivity contribution in [3.63, 3.8) is 0 Å². The highest BCUT2D eigenvalue weighted by Crippen LogP contribution is 2.28. The Hall–Kier alpha value is -1.52. The second kappa shape index (κ2) is 7.38. The van der Waals surface area contributed by atoms with Gasteiger partial charge >= 0.3 is 5.63 Å². The minimum Gasteiger partial charge on any atom is -0.423 e. The predicted octanol–water partition coefficient (Wildman–Crippen LogP) is 5.91. The number of nitrogens with one attached hydrogen (secondary N) is 1. The van der Waals surface area contributed by atoms with Crippen molar-refractivity contribution in [2.24, 2.45) is 0 Å². The molecule has 0 fully saturated rings. The Bertz CT molecular complexity index is 998. The van der Waals surface area contributed by atoms with Gasteiger partial charge in [-0.25, -0.2) is 4.79 Å². The fourth-order valence-electron chi connectivity index (χ4n) is 2.72. The summed E-state index contributed by atoms with van der Waals surface area (Å²) in [5.41, 5.74) is 2.77. The molecule has 0 saturated heterocycles. The molecule has 1 unspecified atom stereocenters. The number of halogens is 3.